The van der Waals surface area contributed by atoms with E-state index in [9.17, 15) is 0 Å². The van der Waals surface area contributed by atoms with Crippen molar-refractivity contribution in [3.63, 3.8) is 0 Å². The maximum atomic E-state index is 6.41. The van der Waals surface area contributed by atoms with Gasteiger partial charge < -0.3 is 4.90 Å². The van der Waals surface area contributed by atoms with Crippen molar-refractivity contribution in [3.05, 3.63) is 63.7 Å². The maximum Gasteiger partial charge on any atom is 0.0408 e. The second kappa shape index (κ2) is 11.8. The molecule has 4 rings (SSSR count). The molecule has 180 valence electrons. The third kappa shape index (κ3) is 6.16. The van der Waals surface area contributed by atoms with Crippen LogP contribution >= 0.6 is 11.6 Å². The Balaban J connectivity index is 1.54. The summed E-state index contributed by atoms with van der Waals surface area (Å²) >= 11 is 6.41. The topological polar surface area (TPSA) is 3.24 Å². The molecule has 2 aromatic rings. The van der Waals surface area contributed by atoms with Gasteiger partial charge in [0, 0.05) is 29.7 Å². The summed E-state index contributed by atoms with van der Waals surface area (Å²) in [5.41, 5.74) is 7.46. The maximum absolute atomic E-state index is 6.41. The standard InChI is InChI=1S/C31H44ClN/c1-4-6-7-8-10-24-13-15-27(24)21-33-22-28(16-14-25-12-11-23(3)19-31(25)33)30-18-17-29(32)20-26(30)9-5-2/h11-12,17-20,24,27-28H,4-10,13-16,21-22H2,1-3H3. The number of anilines is 1. The van der Waals surface area contributed by atoms with Crippen LogP contribution in [0.4, 0.5) is 5.69 Å². The molecule has 0 aromatic heterocycles. The smallest absolute Gasteiger partial charge is 0.0408 e. The summed E-state index contributed by atoms with van der Waals surface area (Å²) < 4.78 is 0. The van der Waals surface area contributed by atoms with Crippen LogP contribution in [-0.2, 0) is 12.8 Å². The number of aryl methyl sites for hydroxylation is 3. The van der Waals surface area contributed by atoms with E-state index in [2.05, 4.69) is 62.1 Å². The molecule has 1 aliphatic carbocycles. The molecule has 2 aromatic carbocycles. The molecule has 1 heterocycles. The number of nitrogens with zero attached hydrogens (tertiary/aromatic N) is 1. The number of halogens is 1. The Morgan fingerprint density at radius 2 is 1.76 bits per heavy atom. The van der Waals surface area contributed by atoms with Gasteiger partial charge in [-0.25, -0.2) is 0 Å². The lowest BCUT2D eigenvalue weighted by atomic mass is 9.70. The molecule has 0 N–H and O–H groups in total. The van der Waals surface area contributed by atoms with E-state index >= 15 is 0 Å². The Kier molecular flexibility index (Phi) is 8.80. The minimum Gasteiger partial charge on any atom is -0.370 e. The van der Waals surface area contributed by atoms with Gasteiger partial charge in [0.05, 0.1) is 0 Å². The highest BCUT2D eigenvalue weighted by Gasteiger charge is 2.34. The van der Waals surface area contributed by atoms with E-state index < -0.39 is 0 Å². The second-order valence-electron chi connectivity index (χ2n) is 10.8. The van der Waals surface area contributed by atoms with E-state index in [0.717, 1.165) is 29.8 Å². The second-order valence-corrected chi connectivity index (χ2v) is 11.2. The number of benzene rings is 2. The predicted molar refractivity (Wildman–Crippen MR) is 145 cm³/mol. The van der Waals surface area contributed by atoms with Gasteiger partial charge in [-0.2, -0.15) is 0 Å². The van der Waals surface area contributed by atoms with Crippen LogP contribution in [0.1, 0.15) is 99.8 Å². The Hall–Kier alpha value is -1.47. The van der Waals surface area contributed by atoms with E-state index in [1.807, 2.05) is 0 Å². The number of unbranched alkanes of at least 4 members (excludes halogenated alkanes) is 3. The lowest BCUT2D eigenvalue weighted by molar-refractivity contribution is 0.164. The molecule has 1 nitrogen and oxygen atoms in total. The minimum atomic E-state index is 0.583. The van der Waals surface area contributed by atoms with Crippen LogP contribution in [-0.4, -0.2) is 13.1 Å². The molecular weight excluding hydrogens is 422 g/mol. The quantitative estimate of drug-likeness (QED) is 0.316. The van der Waals surface area contributed by atoms with Gasteiger partial charge in [0.2, 0.25) is 0 Å². The van der Waals surface area contributed by atoms with E-state index in [1.54, 1.807) is 11.1 Å². The highest BCUT2D eigenvalue weighted by Crippen LogP contribution is 2.42. The van der Waals surface area contributed by atoms with Crippen molar-refractivity contribution in [2.75, 3.05) is 18.0 Å². The Morgan fingerprint density at radius 1 is 0.909 bits per heavy atom. The lowest BCUT2D eigenvalue weighted by Crippen LogP contribution is -2.40. The number of rotatable bonds is 10. The van der Waals surface area contributed by atoms with Crippen molar-refractivity contribution >= 4 is 17.3 Å². The van der Waals surface area contributed by atoms with Crippen LogP contribution in [0.5, 0.6) is 0 Å². The summed E-state index contributed by atoms with van der Waals surface area (Å²) in [6.07, 6.45) is 14.6. The van der Waals surface area contributed by atoms with Gasteiger partial charge in [-0.3, -0.25) is 0 Å². The highest BCUT2D eigenvalue weighted by atomic mass is 35.5. The average Bonchev–Trinajstić information content (AvgIpc) is 2.96. The van der Waals surface area contributed by atoms with Crippen LogP contribution < -0.4 is 4.90 Å². The first-order chi connectivity index (χ1) is 16.1. The lowest BCUT2D eigenvalue weighted by Gasteiger charge is -2.42. The molecule has 0 amide bonds. The monoisotopic (exact) mass is 465 g/mol. The molecule has 1 saturated carbocycles. The summed E-state index contributed by atoms with van der Waals surface area (Å²) in [4.78, 5) is 2.78. The van der Waals surface area contributed by atoms with E-state index in [0.29, 0.717) is 5.92 Å². The molecule has 0 spiro atoms. The van der Waals surface area contributed by atoms with Crippen LogP contribution in [0.15, 0.2) is 36.4 Å². The summed E-state index contributed by atoms with van der Waals surface area (Å²) in [7, 11) is 0. The van der Waals surface area contributed by atoms with Crippen LogP contribution in [0, 0.1) is 18.8 Å². The Labute approximate surface area is 207 Å². The van der Waals surface area contributed by atoms with Crippen LogP contribution in [0.3, 0.4) is 0 Å². The Morgan fingerprint density at radius 3 is 2.52 bits per heavy atom. The number of hydrogen-bond donors (Lipinski definition) is 0. The van der Waals surface area contributed by atoms with Crippen molar-refractivity contribution in [3.8, 4) is 0 Å². The fourth-order valence-electron chi connectivity index (χ4n) is 6.23. The SMILES string of the molecule is CCCCCCC1CCC1CN1CC(c2ccc(Cl)cc2CCC)CCc2ccc(C)cc21. The molecule has 0 radical (unpaired) electrons. The average molecular weight is 466 g/mol. The zero-order chi connectivity index (χ0) is 23.2. The zero-order valence-corrected chi connectivity index (χ0v) is 22.0. The third-order valence-electron chi connectivity index (χ3n) is 8.31. The van der Waals surface area contributed by atoms with Crippen LogP contribution in [0.25, 0.3) is 0 Å². The van der Waals surface area contributed by atoms with Gasteiger partial charge in [0.1, 0.15) is 0 Å². The van der Waals surface area contributed by atoms with Crippen molar-refractivity contribution in [2.24, 2.45) is 11.8 Å². The molecule has 1 aliphatic heterocycles. The van der Waals surface area contributed by atoms with Crippen molar-refractivity contribution in [1.29, 1.82) is 0 Å². The fourth-order valence-corrected chi connectivity index (χ4v) is 6.42. The molecule has 33 heavy (non-hydrogen) atoms. The van der Waals surface area contributed by atoms with E-state index in [4.69, 9.17) is 11.6 Å². The predicted octanol–water partition coefficient (Wildman–Crippen LogP) is 9.13. The molecule has 3 atom stereocenters. The normalized spacial score (nSPS) is 22.5. The molecule has 1 fully saturated rings. The molecule has 3 unspecified atom stereocenters. The van der Waals surface area contributed by atoms with Gasteiger partial charge in [-0.05, 0) is 91.3 Å². The molecule has 2 heteroatoms. The third-order valence-corrected chi connectivity index (χ3v) is 8.54. The van der Waals surface area contributed by atoms with Crippen molar-refractivity contribution in [1.82, 2.24) is 0 Å². The van der Waals surface area contributed by atoms with E-state index in [-0.39, 0.29) is 0 Å². The molecule has 0 saturated heterocycles. The first-order valence-electron chi connectivity index (χ1n) is 13.7. The van der Waals surface area contributed by atoms with Crippen molar-refractivity contribution in [2.45, 2.75) is 97.3 Å². The Bertz CT molecular complexity index is 904. The summed E-state index contributed by atoms with van der Waals surface area (Å²) in [5, 5.41) is 0.881. The fraction of sp³-hybridized carbons (Fsp3) is 0.613. The minimum absolute atomic E-state index is 0.583. The van der Waals surface area contributed by atoms with Crippen LogP contribution in [0.2, 0.25) is 5.02 Å². The van der Waals surface area contributed by atoms with E-state index in [1.165, 1.54) is 87.6 Å². The summed E-state index contributed by atoms with van der Waals surface area (Å²) in [6, 6.07) is 13.8. The summed E-state index contributed by atoms with van der Waals surface area (Å²) in [6.45, 7) is 9.23. The summed E-state index contributed by atoms with van der Waals surface area (Å²) in [5.74, 6) is 2.40. The first kappa shape index (κ1) is 24.6. The van der Waals surface area contributed by atoms with Gasteiger partial charge in [-0.15, -0.1) is 0 Å². The molecule has 0 bridgehead atoms. The number of fused-ring (bicyclic) bond motifs is 1. The molecule has 2 aliphatic rings. The largest absolute Gasteiger partial charge is 0.370 e. The first-order valence-corrected chi connectivity index (χ1v) is 14.1. The molecular formula is C31H44ClN. The number of hydrogen-bond acceptors (Lipinski definition) is 1. The van der Waals surface area contributed by atoms with Crippen molar-refractivity contribution < 1.29 is 0 Å². The van der Waals surface area contributed by atoms with Gasteiger partial charge in [-0.1, -0.05) is 82.2 Å². The van der Waals surface area contributed by atoms with Gasteiger partial charge >= 0.3 is 0 Å². The zero-order valence-electron chi connectivity index (χ0n) is 21.2. The highest BCUT2D eigenvalue weighted by molar-refractivity contribution is 6.30. The van der Waals surface area contributed by atoms with Gasteiger partial charge in [0.15, 0.2) is 0 Å². The van der Waals surface area contributed by atoms with Gasteiger partial charge in [0.25, 0.3) is 0 Å².